The Bertz CT molecular complexity index is 3750. The summed E-state index contributed by atoms with van der Waals surface area (Å²) in [4.78, 5) is 53.3. The van der Waals surface area contributed by atoms with Crippen LogP contribution in [0.1, 0.15) is 57.1 Å². The maximum atomic E-state index is 13.6. The van der Waals surface area contributed by atoms with Gasteiger partial charge in [0.15, 0.2) is 34.2 Å². The smallest absolute Gasteiger partial charge is 0.462 e. The Morgan fingerprint density at radius 3 is 1.66 bits per heavy atom. The number of carbonyl (C=O) groups is 2. The van der Waals surface area contributed by atoms with Crippen molar-refractivity contribution in [3.63, 3.8) is 0 Å². The summed E-state index contributed by atoms with van der Waals surface area (Å²) in [7, 11) is 0. The molecule has 8 aromatic rings. The summed E-state index contributed by atoms with van der Waals surface area (Å²) in [6, 6.07) is 29.3. The molecular formula is C53H41ClF4N8O10. The minimum Gasteiger partial charge on any atom is -0.462 e. The fourth-order valence-electron chi connectivity index (χ4n) is 8.71. The summed E-state index contributed by atoms with van der Waals surface area (Å²) in [5, 5.41) is 29.7. The fourth-order valence-corrected chi connectivity index (χ4v) is 8.84. The zero-order valence-electron chi connectivity index (χ0n) is 38.8. The lowest BCUT2D eigenvalue weighted by molar-refractivity contribution is -0.287. The van der Waals surface area contributed by atoms with Crippen LogP contribution in [0.5, 0.6) is 23.0 Å². The average Bonchev–Trinajstić information content (AvgIpc) is 4.20. The van der Waals surface area contributed by atoms with E-state index in [4.69, 9.17) is 25.7 Å². The van der Waals surface area contributed by atoms with E-state index in [9.17, 15) is 42.0 Å². The summed E-state index contributed by atoms with van der Waals surface area (Å²) < 4.78 is 82.6. The first-order valence-corrected chi connectivity index (χ1v) is 23.6. The van der Waals surface area contributed by atoms with Crippen LogP contribution in [0.2, 0.25) is 0 Å². The highest BCUT2D eigenvalue weighted by molar-refractivity contribution is 6.29. The second-order valence-electron chi connectivity index (χ2n) is 17.4. The second kappa shape index (κ2) is 21.0. The molecular weight excluding hydrogens is 1020 g/mol. The molecule has 2 amide bonds. The van der Waals surface area contributed by atoms with Gasteiger partial charge in [-0.3, -0.25) is 19.2 Å². The molecule has 0 bridgehead atoms. The minimum atomic E-state index is -3.78. The number of nitriles is 2. The number of furan rings is 2. The van der Waals surface area contributed by atoms with Crippen LogP contribution in [0.25, 0.3) is 44.5 Å². The Morgan fingerprint density at radius 2 is 1.16 bits per heavy atom. The molecule has 12 rings (SSSR count). The molecule has 4 aromatic carbocycles. The Balaban J connectivity index is 0.000000152. The maximum Gasteiger partial charge on any atom is 0.586 e. The summed E-state index contributed by atoms with van der Waals surface area (Å²) in [6.07, 6.45) is 0.550. The van der Waals surface area contributed by atoms with Gasteiger partial charge in [0.2, 0.25) is 11.8 Å². The zero-order chi connectivity index (χ0) is 52.6. The lowest BCUT2D eigenvalue weighted by Crippen LogP contribution is -2.47. The van der Waals surface area contributed by atoms with Gasteiger partial charge in [0.1, 0.15) is 23.8 Å². The first-order chi connectivity index (χ1) is 36.1. The van der Waals surface area contributed by atoms with Gasteiger partial charge in [-0.2, -0.15) is 20.7 Å². The number of carbonyl (C=O) groups excluding carboxylic acids is 2. The van der Waals surface area contributed by atoms with Gasteiger partial charge in [-0.1, -0.05) is 31.7 Å². The molecule has 2 aliphatic heterocycles. The average molecular weight is 1060 g/mol. The van der Waals surface area contributed by atoms with Crippen LogP contribution in [0, 0.1) is 22.7 Å². The monoisotopic (exact) mass is 1060 g/mol. The second-order valence-corrected chi connectivity index (χ2v) is 17.6. The van der Waals surface area contributed by atoms with E-state index in [-0.39, 0.29) is 70.8 Å². The largest absolute Gasteiger partial charge is 0.586 e. The number of anilines is 2. The number of hydrogen-bond donors (Lipinski definition) is 1. The van der Waals surface area contributed by atoms with E-state index in [2.05, 4.69) is 46.4 Å². The molecule has 0 spiro atoms. The number of nitrogens with zero attached hydrogens (tertiary/aromatic N) is 7. The van der Waals surface area contributed by atoms with E-state index in [1.807, 2.05) is 6.07 Å². The highest BCUT2D eigenvalue weighted by Gasteiger charge is 2.45. The van der Waals surface area contributed by atoms with Crippen LogP contribution in [0.15, 0.2) is 128 Å². The predicted molar refractivity (Wildman–Crippen MR) is 266 cm³/mol. The Labute approximate surface area is 432 Å². The first-order valence-electron chi connectivity index (χ1n) is 23.1. The molecule has 4 aromatic heterocycles. The van der Waals surface area contributed by atoms with Gasteiger partial charge in [-0.05, 0) is 99.2 Å². The van der Waals surface area contributed by atoms with Gasteiger partial charge in [0.25, 0.3) is 11.1 Å². The van der Waals surface area contributed by atoms with Crippen LogP contribution in [0.3, 0.4) is 0 Å². The van der Waals surface area contributed by atoms with Crippen molar-refractivity contribution in [3.05, 3.63) is 141 Å². The molecule has 76 heavy (non-hydrogen) atoms. The summed E-state index contributed by atoms with van der Waals surface area (Å²) >= 11 is 5.62. The molecule has 0 saturated heterocycles. The molecule has 0 unspecified atom stereocenters. The number of aromatic nitrogens is 4. The van der Waals surface area contributed by atoms with Crippen LogP contribution >= 0.6 is 11.6 Å². The minimum absolute atomic E-state index is 0. The topological polar surface area (TPSA) is 232 Å². The predicted octanol–water partition coefficient (Wildman–Crippen LogP) is 10.3. The maximum absolute atomic E-state index is 13.6. The van der Waals surface area contributed by atoms with Crippen molar-refractivity contribution in [3.8, 4) is 57.7 Å². The number of hydrogen-bond acceptors (Lipinski definition) is 14. The number of rotatable bonds is 9. The quantitative estimate of drug-likeness (QED) is 0.105. The van der Waals surface area contributed by atoms with E-state index >= 15 is 0 Å². The highest BCUT2D eigenvalue weighted by atomic mass is 35.5. The Morgan fingerprint density at radius 1 is 0.671 bits per heavy atom. The van der Waals surface area contributed by atoms with Crippen LogP contribution in [0.4, 0.5) is 28.9 Å². The molecule has 388 valence electrons. The number of ether oxygens (including phenoxy) is 4. The van der Waals surface area contributed by atoms with Crippen LogP contribution in [-0.2, 0) is 16.1 Å². The normalized spacial score (nSPS) is 15.3. The fraction of sp³-hybridized carbons (Fsp3) is 0.245. The molecule has 2 fully saturated rings. The molecule has 6 heterocycles. The molecule has 4 aliphatic rings. The number of benzene rings is 4. The number of H-pyrrole nitrogens is 1. The molecule has 2 saturated carbocycles. The van der Waals surface area contributed by atoms with Gasteiger partial charge in [0.05, 0.1) is 46.6 Å². The van der Waals surface area contributed by atoms with E-state index in [1.165, 1.54) is 53.8 Å². The Kier molecular flexibility index (Phi) is 14.3. The molecule has 18 nitrogen and oxygen atoms in total. The van der Waals surface area contributed by atoms with E-state index in [0.717, 1.165) is 48.8 Å². The molecule has 23 heteroatoms. The third-order valence-electron chi connectivity index (χ3n) is 12.6. The number of alkyl halides is 5. The SMILES string of the molecule is C.N#Cc1cccc(-c2n[nH]c(=O)c3ccoc23)c1.N#Cc1cccc(-c2nn(CC(=O)N(c3ccc4c(c3)OC(F)(F)O4)C3CCC3)c(=O)c3ccoc23)c1.O=C(CCl)N(c1ccc2c(c1)OC(F)(F)O2)C1CCC1. The van der Waals surface area contributed by atoms with E-state index in [1.54, 1.807) is 59.5 Å². The van der Waals surface area contributed by atoms with Crippen molar-refractivity contribution < 1.29 is 54.9 Å². The van der Waals surface area contributed by atoms with Crippen molar-refractivity contribution in [1.29, 1.82) is 10.5 Å². The number of amides is 2. The molecule has 2 aliphatic carbocycles. The van der Waals surface area contributed by atoms with Gasteiger partial charge in [-0.15, -0.1) is 29.2 Å². The lowest BCUT2D eigenvalue weighted by atomic mass is 9.91. The van der Waals surface area contributed by atoms with Crippen LogP contribution < -0.4 is 39.9 Å². The van der Waals surface area contributed by atoms with Crippen molar-refractivity contribution in [2.24, 2.45) is 0 Å². The Hall–Kier alpha value is -9.15. The summed E-state index contributed by atoms with van der Waals surface area (Å²) in [6.45, 7) is -0.397. The van der Waals surface area contributed by atoms with Crippen molar-refractivity contribution in [1.82, 2.24) is 20.0 Å². The number of aromatic amines is 1. The third kappa shape index (κ3) is 10.3. The van der Waals surface area contributed by atoms with Gasteiger partial charge in [0, 0.05) is 46.7 Å². The van der Waals surface area contributed by atoms with Crippen LogP contribution in [-0.4, -0.2) is 62.3 Å². The molecule has 0 atom stereocenters. The van der Waals surface area contributed by atoms with Crippen molar-refractivity contribution in [2.75, 3.05) is 15.7 Å². The third-order valence-corrected chi connectivity index (χ3v) is 12.9. The van der Waals surface area contributed by atoms with E-state index < -0.39 is 30.6 Å². The molecule has 0 radical (unpaired) electrons. The number of nitrogens with one attached hydrogen (secondary N) is 1. The van der Waals surface area contributed by atoms with Crippen molar-refractivity contribution in [2.45, 2.75) is 77.2 Å². The van der Waals surface area contributed by atoms with Crippen molar-refractivity contribution >= 4 is 56.7 Å². The number of halogens is 5. The first kappa shape index (κ1) is 51.7. The van der Waals surface area contributed by atoms with Gasteiger partial charge in [-0.25, -0.2) is 9.78 Å². The van der Waals surface area contributed by atoms with E-state index in [0.29, 0.717) is 50.4 Å². The summed E-state index contributed by atoms with van der Waals surface area (Å²) in [5.74, 6) is -1.24. The highest BCUT2D eigenvalue weighted by Crippen LogP contribution is 2.45. The number of fused-ring (bicyclic) bond motifs is 4. The zero-order valence-corrected chi connectivity index (χ0v) is 39.6. The lowest BCUT2D eigenvalue weighted by Gasteiger charge is -2.37. The summed E-state index contributed by atoms with van der Waals surface area (Å²) in [5.41, 5.74) is 3.75. The van der Waals surface area contributed by atoms with Gasteiger partial charge >= 0.3 is 12.6 Å². The standard InChI is InChI=1S/C26H18F2N4O5.C13H12ClF2NO3.C13H7N3O2.CH4/c27-26(28)36-20-8-7-18(12-21(20)37-26)32(17-5-2-6-17)22(33)14-31-25(34)19-9-10-35-24(19)23(30-31)16-4-1-3-15(11-16)13-29;14-7-12(18)17(8-2-1-3-8)9-4-5-10-11(6-9)20-13(15,16)19-10;14-7-8-2-1-3-9(6-8)11-12-10(4-5-18-12)13(17)16-15-11;/h1,3-4,7-12,17H,2,5-6,14H2;4-6,8H,1-3,7H2;1-6H,(H,16,17);1H4. The molecule has 1 N–H and O–H groups in total. The van der Waals surface area contributed by atoms with Gasteiger partial charge < -0.3 is 37.6 Å².